The molecule has 2 rings (SSSR count). The molecule has 4 heteroatoms. The Bertz CT molecular complexity index is 524. The van der Waals surface area contributed by atoms with E-state index in [2.05, 4.69) is 50.0 Å². The van der Waals surface area contributed by atoms with Gasteiger partial charge in [-0.25, -0.2) is 0 Å². The summed E-state index contributed by atoms with van der Waals surface area (Å²) in [5, 5.41) is 3.00. The highest BCUT2D eigenvalue weighted by Crippen LogP contribution is 2.27. The van der Waals surface area contributed by atoms with Gasteiger partial charge in [0, 0.05) is 24.8 Å². The summed E-state index contributed by atoms with van der Waals surface area (Å²) in [6, 6.07) is 8.42. The van der Waals surface area contributed by atoms with Crippen LogP contribution >= 0.6 is 0 Å². The number of nitrogens with one attached hydrogen (secondary N) is 1. The number of piperidine rings is 1. The van der Waals surface area contributed by atoms with Crippen molar-refractivity contribution in [3.8, 4) is 0 Å². The van der Waals surface area contributed by atoms with Crippen LogP contribution in [0.3, 0.4) is 0 Å². The Morgan fingerprint density at radius 1 is 1.39 bits per heavy atom. The third-order valence-electron chi connectivity index (χ3n) is 5.13. The SMILES string of the molecule is CCC(C)c1ccc(NC(=O)CN2CCC(N)C(C)(C)C2)cc1. The smallest absolute Gasteiger partial charge is 0.238 e. The maximum atomic E-state index is 12.3. The molecule has 2 atom stereocenters. The molecule has 3 N–H and O–H groups in total. The van der Waals surface area contributed by atoms with Crippen molar-refractivity contribution in [3.63, 3.8) is 0 Å². The number of anilines is 1. The summed E-state index contributed by atoms with van der Waals surface area (Å²) in [6.07, 6.45) is 2.07. The number of rotatable bonds is 5. The number of amides is 1. The second-order valence-corrected chi connectivity index (χ2v) is 7.57. The van der Waals surface area contributed by atoms with Crippen LogP contribution in [0.25, 0.3) is 0 Å². The van der Waals surface area contributed by atoms with Gasteiger partial charge in [-0.05, 0) is 41.9 Å². The predicted molar refractivity (Wildman–Crippen MR) is 96.6 cm³/mol. The van der Waals surface area contributed by atoms with Gasteiger partial charge in [-0.1, -0.05) is 39.8 Å². The van der Waals surface area contributed by atoms with E-state index in [1.165, 1.54) is 5.56 Å². The molecular weight excluding hydrogens is 286 g/mol. The lowest BCUT2D eigenvalue weighted by Gasteiger charge is -2.42. The quantitative estimate of drug-likeness (QED) is 0.877. The molecule has 4 nitrogen and oxygen atoms in total. The van der Waals surface area contributed by atoms with Gasteiger partial charge in [0.25, 0.3) is 0 Å². The van der Waals surface area contributed by atoms with Crippen LogP contribution in [0.2, 0.25) is 0 Å². The van der Waals surface area contributed by atoms with Gasteiger partial charge >= 0.3 is 0 Å². The molecular formula is C19H31N3O. The normalized spacial score (nSPS) is 22.6. The number of nitrogens with two attached hydrogens (primary N) is 1. The van der Waals surface area contributed by atoms with Crippen LogP contribution in [-0.4, -0.2) is 36.5 Å². The Balaban J connectivity index is 1.87. The number of nitrogens with zero attached hydrogens (tertiary/aromatic N) is 1. The molecule has 1 aromatic rings. The van der Waals surface area contributed by atoms with E-state index in [9.17, 15) is 4.79 Å². The second-order valence-electron chi connectivity index (χ2n) is 7.57. The van der Waals surface area contributed by atoms with Crippen molar-refractivity contribution in [3.05, 3.63) is 29.8 Å². The topological polar surface area (TPSA) is 58.4 Å². The van der Waals surface area contributed by atoms with Gasteiger partial charge in [-0.3, -0.25) is 9.69 Å². The Morgan fingerprint density at radius 3 is 2.61 bits per heavy atom. The van der Waals surface area contributed by atoms with Crippen LogP contribution in [0.5, 0.6) is 0 Å². The molecule has 2 unspecified atom stereocenters. The van der Waals surface area contributed by atoms with E-state index in [1.807, 2.05) is 12.1 Å². The Hall–Kier alpha value is -1.39. The van der Waals surface area contributed by atoms with Crippen molar-refractivity contribution >= 4 is 11.6 Å². The Labute approximate surface area is 140 Å². The lowest BCUT2D eigenvalue weighted by molar-refractivity contribution is -0.118. The lowest BCUT2D eigenvalue weighted by Crippen LogP contribution is -2.53. The first kappa shape index (κ1) is 18.0. The fourth-order valence-corrected chi connectivity index (χ4v) is 3.15. The highest BCUT2D eigenvalue weighted by Gasteiger charge is 2.33. The number of hydrogen-bond acceptors (Lipinski definition) is 3. The summed E-state index contributed by atoms with van der Waals surface area (Å²) in [7, 11) is 0. The van der Waals surface area contributed by atoms with Gasteiger partial charge in [0.05, 0.1) is 6.54 Å². The van der Waals surface area contributed by atoms with Crippen LogP contribution in [0.1, 0.15) is 52.0 Å². The molecule has 23 heavy (non-hydrogen) atoms. The summed E-state index contributed by atoms with van der Waals surface area (Å²) in [5.74, 6) is 0.604. The van der Waals surface area contributed by atoms with E-state index in [4.69, 9.17) is 5.73 Å². The molecule has 0 saturated carbocycles. The van der Waals surface area contributed by atoms with E-state index in [0.717, 1.165) is 31.6 Å². The van der Waals surface area contributed by atoms with Gasteiger partial charge in [0.2, 0.25) is 5.91 Å². The monoisotopic (exact) mass is 317 g/mol. The minimum absolute atomic E-state index is 0.0487. The summed E-state index contributed by atoms with van der Waals surface area (Å²) in [6.45, 7) is 11.0. The molecule has 1 heterocycles. The molecule has 1 saturated heterocycles. The third kappa shape index (κ3) is 4.79. The average molecular weight is 317 g/mol. The van der Waals surface area contributed by atoms with Crippen LogP contribution in [0.4, 0.5) is 5.69 Å². The molecule has 1 fully saturated rings. The molecule has 0 aromatic heterocycles. The minimum atomic E-state index is 0.0487. The summed E-state index contributed by atoms with van der Waals surface area (Å²) in [5.41, 5.74) is 8.41. The zero-order chi connectivity index (χ0) is 17.0. The van der Waals surface area contributed by atoms with Crippen LogP contribution in [0, 0.1) is 5.41 Å². The fraction of sp³-hybridized carbons (Fsp3) is 0.632. The van der Waals surface area contributed by atoms with E-state index in [1.54, 1.807) is 0 Å². The fourth-order valence-electron chi connectivity index (χ4n) is 3.15. The van der Waals surface area contributed by atoms with E-state index >= 15 is 0 Å². The first-order valence-corrected chi connectivity index (χ1v) is 8.69. The first-order chi connectivity index (χ1) is 10.8. The van der Waals surface area contributed by atoms with Crippen molar-refractivity contribution in [2.75, 3.05) is 25.0 Å². The zero-order valence-corrected chi connectivity index (χ0v) is 14.9. The van der Waals surface area contributed by atoms with Crippen molar-refractivity contribution in [1.82, 2.24) is 4.90 Å². The molecule has 1 aliphatic heterocycles. The standard InChI is InChI=1S/C19H31N3O/c1-5-14(2)15-6-8-16(9-7-15)21-18(23)12-22-11-10-17(20)19(3,4)13-22/h6-9,14,17H,5,10-13,20H2,1-4H3,(H,21,23). The maximum Gasteiger partial charge on any atom is 0.238 e. The third-order valence-corrected chi connectivity index (χ3v) is 5.13. The number of carbonyl (C=O) groups is 1. The van der Waals surface area contributed by atoms with Crippen molar-refractivity contribution < 1.29 is 4.79 Å². The lowest BCUT2D eigenvalue weighted by atomic mass is 9.80. The van der Waals surface area contributed by atoms with Crippen molar-refractivity contribution in [1.29, 1.82) is 0 Å². The van der Waals surface area contributed by atoms with E-state index in [-0.39, 0.29) is 17.4 Å². The minimum Gasteiger partial charge on any atom is -0.327 e. The molecule has 1 aromatic carbocycles. The molecule has 1 amide bonds. The summed E-state index contributed by atoms with van der Waals surface area (Å²) >= 11 is 0. The molecule has 0 bridgehead atoms. The molecule has 0 aliphatic carbocycles. The summed E-state index contributed by atoms with van der Waals surface area (Å²) in [4.78, 5) is 14.5. The van der Waals surface area contributed by atoms with Gasteiger partial charge < -0.3 is 11.1 Å². The number of carbonyl (C=O) groups excluding carboxylic acids is 1. The number of likely N-dealkylation sites (tertiary alicyclic amines) is 1. The van der Waals surface area contributed by atoms with Gasteiger partial charge in [-0.15, -0.1) is 0 Å². The van der Waals surface area contributed by atoms with E-state index in [0.29, 0.717) is 12.5 Å². The highest BCUT2D eigenvalue weighted by molar-refractivity contribution is 5.92. The van der Waals surface area contributed by atoms with Crippen LogP contribution in [-0.2, 0) is 4.79 Å². The number of hydrogen-bond donors (Lipinski definition) is 2. The molecule has 128 valence electrons. The van der Waals surface area contributed by atoms with Crippen LogP contribution < -0.4 is 11.1 Å². The van der Waals surface area contributed by atoms with Crippen molar-refractivity contribution in [2.24, 2.45) is 11.1 Å². The van der Waals surface area contributed by atoms with Gasteiger partial charge in [-0.2, -0.15) is 0 Å². The van der Waals surface area contributed by atoms with Crippen LogP contribution in [0.15, 0.2) is 24.3 Å². The van der Waals surface area contributed by atoms with E-state index < -0.39 is 0 Å². The Kier molecular flexibility index (Phi) is 5.82. The van der Waals surface area contributed by atoms with Gasteiger partial charge in [0.1, 0.15) is 0 Å². The van der Waals surface area contributed by atoms with Crippen molar-refractivity contribution in [2.45, 2.75) is 52.5 Å². The molecule has 1 aliphatic rings. The first-order valence-electron chi connectivity index (χ1n) is 8.69. The molecule has 0 spiro atoms. The molecule has 0 radical (unpaired) electrons. The summed E-state index contributed by atoms with van der Waals surface area (Å²) < 4.78 is 0. The average Bonchev–Trinajstić information content (AvgIpc) is 2.50. The predicted octanol–water partition coefficient (Wildman–Crippen LogP) is 3.20. The highest BCUT2D eigenvalue weighted by atomic mass is 16.2. The Morgan fingerprint density at radius 2 is 2.04 bits per heavy atom. The zero-order valence-electron chi connectivity index (χ0n) is 14.9. The maximum absolute atomic E-state index is 12.3. The van der Waals surface area contributed by atoms with Gasteiger partial charge in [0.15, 0.2) is 0 Å². The second kappa shape index (κ2) is 7.45. The largest absolute Gasteiger partial charge is 0.327 e. The number of benzene rings is 1.